The Morgan fingerprint density at radius 1 is 1.39 bits per heavy atom. The molecule has 0 saturated carbocycles. The second-order valence-electron chi connectivity index (χ2n) is 5.38. The molecule has 0 bridgehead atoms. The summed E-state index contributed by atoms with van der Waals surface area (Å²) >= 11 is 3.05. The quantitative estimate of drug-likeness (QED) is 0.660. The fourth-order valence-electron chi connectivity index (χ4n) is 2.60. The second kappa shape index (κ2) is 5.90. The monoisotopic (exact) mass is 346 g/mol. The first-order valence-electron chi connectivity index (χ1n) is 7.40. The summed E-state index contributed by atoms with van der Waals surface area (Å²) in [5, 5.41) is 9.93. The van der Waals surface area contributed by atoms with Gasteiger partial charge in [-0.25, -0.2) is 4.79 Å². The largest absolute Gasteiger partial charge is 0.448 e. The lowest BCUT2D eigenvalue weighted by molar-refractivity contribution is 0.0285. The van der Waals surface area contributed by atoms with Gasteiger partial charge in [-0.2, -0.15) is 0 Å². The third kappa shape index (κ3) is 2.82. The van der Waals surface area contributed by atoms with E-state index in [4.69, 9.17) is 9.15 Å². The number of aromatic nitrogens is 2. The minimum Gasteiger partial charge on any atom is -0.448 e. The highest BCUT2D eigenvalue weighted by Gasteiger charge is 2.23. The smallest absolute Gasteiger partial charge is 0.349 e. The summed E-state index contributed by atoms with van der Waals surface area (Å²) < 4.78 is 11.1. The van der Waals surface area contributed by atoms with Gasteiger partial charge in [-0.15, -0.1) is 32.9 Å². The van der Waals surface area contributed by atoms with E-state index in [1.165, 1.54) is 39.5 Å². The van der Waals surface area contributed by atoms with Crippen LogP contribution < -0.4 is 0 Å². The highest BCUT2D eigenvalue weighted by molar-refractivity contribution is 7.14. The van der Waals surface area contributed by atoms with E-state index >= 15 is 0 Å². The molecule has 0 unspecified atom stereocenters. The van der Waals surface area contributed by atoms with Crippen molar-refractivity contribution in [2.75, 3.05) is 0 Å². The molecule has 0 radical (unpaired) electrons. The predicted octanol–water partition coefficient (Wildman–Crippen LogP) is 4.27. The first-order valence-corrected chi connectivity index (χ1v) is 9.10. The Kier molecular flexibility index (Phi) is 3.74. The normalized spacial score (nSPS) is 14.7. The molecular weight excluding hydrogens is 332 g/mol. The Hall–Kier alpha value is -1.99. The molecule has 1 aliphatic rings. The molecule has 23 heavy (non-hydrogen) atoms. The third-order valence-electron chi connectivity index (χ3n) is 3.75. The minimum atomic E-state index is -0.569. The summed E-state index contributed by atoms with van der Waals surface area (Å²) in [7, 11) is 0. The molecule has 3 aromatic heterocycles. The van der Waals surface area contributed by atoms with Crippen LogP contribution in [0.3, 0.4) is 0 Å². The van der Waals surface area contributed by atoms with Gasteiger partial charge >= 0.3 is 5.97 Å². The van der Waals surface area contributed by atoms with Gasteiger partial charge in [0.2, 0.25) is 0 Å². The van der Waals surface area contributed by atoms with Crippen LogP contribution in [0.4, 0.5) is 0 Å². The van der Waals surface area contributed by atoms with Crippen LogP contribution in [0.2, 0.25) is 0 Å². The van der Waals surface area contributed by atoms with Crippen molar-refractivity contribution in [2.45, 2.75) is 32.3 Å². The molecule has 0 saturated heterocycles. The van der Waals surface area contributed by atoms with Gasteiger partial charge in [0.25, 0.3) is 11.8 Å². The minimum absolute atomic E-state index is 0.311. The summed E-state index contributed by atoms with van der Waals surface area (Å²) in [5.74, 6) is 0.437. The maximum absolute atomic E-state index is 12.3. The predicted molar refractivity (Wildman–Crippen MR) is 87.8 cm³/mol. The molecule has 3 heterocycles. The molecule has 0 N–H and O–H groups in total. The van der Waals surface area contributed by atoms with E-state index in [0.717, 1.165) is 17.7 Å². The molecule has 118 valence electrons. The molecule has 1 aliphatic carbocycles. The lowest BCUT2D eigenvalue weighted by Gasteiger charge is -2.07. The standard InChI is InChI=1S/C16H14N2O3S2/c1-9(14-17-18-15(21-14)12-6-3-7-22-12)20-16(19)13-8-10-4-2-5-11(10)23-13/h3,6-9H,2,4-5H2,1H3/t9-/m0/s1. The number of rotatable bonds is 4. The van der Waals surface area contributed by atoms with Crippen molar-refractivity contribution in [3.8, 4) is 10.8 Å². The number of hydrogen-bond acceptors (Lipinski definition) is 7. The number of hydrogen-bond donors (Lipinski definition) is 0. The molecule has 0 aliphatic heterocycles. The maximum atomic E-state index is 12.3. The fraction of sp³-hybridized carbons (Fsp3) is 0.312. The van der Waals surface area contributed by atoms with Crippen LogP contribution in [0.5, 0.6) is 0 Å². The number of fused-ring (bicyclic) bond motifs is 1. The Labute approximate surface area is 140 Å². The second-order valence-corrected chi connectivity index (χ2v) is 7.47. The average molecular weight is 346 g/mol. The van der Waals surface area contributed by atoms with Gasteiger partial charge < -0.3 is 9.15 Å². The van der Waals surface area contributed by atoms with Crippen molar-refractivity contribution in [1.82, 2.24) is 10.2 Å². The van der Waals surface area contributed by atoms with E-state index in [1.807, 2.05) is 23.6 Å². The van der Waals surface area contributed by atoms with Crippen molar-refractivity contribution in [1.29, 1.82) is 0 Å². The highest BCUT2D eigenvalue weighted by Crippen LogP contribution is 2.32. The molecule has 0 amide bonds. The van der Waals surface area contributed by atoms with Crippen LogP contribution >= 0.6 is 22.7 Å². The molecule has 4 rings (SSSR count). The maximum Gasteiger partial charge on any atom is 0.349 e. The van der Waals surface area contributed by atoms with Crippen LogP contribution in [-0.2, 0) is 17.6 Å². The Bertz CT molecular complexity index is 814. The van der Waals surface area contributed by atoms with Crippen molar-refractivity contribution in [2.24, 2.45) is 0 Å². The fourth-order valence-corrected chi connectivity index (χ4v) is 4.38. The van der Waals surface area contributed by atoms with Crippen LogP contribution in [0.15, 0.2) is 28.0 Å². The molecule has 0 spiro atoms. The number of aryl methyl sites for hydroxylation is 2. The van der Waals surface area contributed by atoms with Gasteiger partial charge in [-0.3, -0.25) is 0 Å². The summed E-state index contributed by atoms with van der Waals surface area (Å²) in [5.41, 5.74) is 1.28. The lowest BCUT2D eigenvalue weighted by atomic mass is 10.2. The molecule has 3 aromatic rings. The first kappa shape index (κ1) is 14.6. The van der Waals surface area contributed by atoms with Crippen LogP contribution in [-0.4, -0.2) is 16.2 Å². The van der Waals surface area contributed by atoms with Crippen LogP contribution in [0.25, 0.3) is 10.8 Å². The van der Waals surface area contributed by atoms with Crippen molar-refractivity contribution in [3.05, 3.63) is 44.8 Å². The Balaban J connectivity index is 1.46. The molecule has 0 aromatic carbocycles. The molecule has 0 fully saturated rings. The van der Waals surface area contributed by atoms with Crippen LogP contribution in [0, 0.1) is 0 Å². The van der Waals surface area contributed by atoms with E-state index in [2.05, 4.69) is 10.2 Å². The summed E-state index contributed by atoms with van der Waals surface area (Å²) in [6, 6.07) is 5.78. The van der Waals surface area contributed by atoms with E-state index in [9.17, 15) is 4.79 Å². The summed E-state index contributed by atoms with van der Waals surface area (Å²) in [4.78, 5) is 15.1. The number of esters is 1. The van der Waals surface area contributed by atoms with Crippen molar-refractivity contribution < 1.29 is 13.9 Å². The molecule has 5 nitrogen and oxygen atoms in total. The zero-order chi connectivity index (χ0) is 15.8. The van der Waals surface area contributed by atoms with E-state index < -0.39 is 6.10 Å². The van der Waals surface area contributed by atoms with Gasteiger partial charge in [-0.1, -0.05) is 6.07 Å². The van der Waals surface area contributed by atoms with E-state index in [-0.39, 0.29) is 5.97 Å². The number of carbonyl (C=O) groups is 1. The molecule has 1 atom stereocenters. The average Bonchev–Trinajstić information content (AvgIpc) is 3.28. The van der Waals surface area contributed by atoms with E-state index in [0.29, 0.717) is 16.7 Å². The van der Waals surface area contributed by atoms with E-state index in [1.54, 1.807) is 6.92 Å². The van der Waals surface area contributed by atoms with Gasteiger partial charge in [0.1, 0.15) is 4.88 Å². The number of thiophene rings is 2. The van der Waals surface area contributed by atoms with Gasteiger partial charge in [-0.05, 0) is 49.3 Å². The first-order chi connectivity index (χ1) is 11.2. The van der Waals surface area contributed by atoms with Gasteiger partial charge in [0.05, 0.1) is 4.88 Å². The molecular formula is C16H14N2O3S2. The SMILES string of the molecule is C[C@H](OC(=O)c1cc2c(s1)CCC2)c1nnc(-c2cccs2)o1. The van der Waals surface area contributed by atoms with Gasteiger partial charge in [0, 0.05) is 4.88 Å². The number of nitrogens with zero attached hydrogens (tertiary/aromatic N) is 2. The molecule has 7 heteroatoms. The number of ether oxygens (including phenoxy) is 1. The summed E-state index contributed by atoms with van der Waals surface area (Å²) in [6.45, 7) is 1.74. The Morgan fingerprint density at radius 2 is 2.30 bits per heavy atom. The zero-order valence-electron chi connectivity index (χ0n) is 12.4. The van der Waals surface area contributed by atoms with Crippen molar-refractivity contribution >= 4 is 28.6 Å². The topological polar surface area (TPSA) is 65.2 Å². The van der Waals surface area contributed by atoms with Gasteiger partial charge in [0.15, 0.2) is 6.10 Å². The van der Waals surface area contributed by atoms with Crippen LogP contribution in [0.1, 0.15) is 45.5 Å². The van der Waals surface area contributed by atoms with Crippen molar-refractivity contribution in [3.63, 3.8) is 0 Å². The summed E-state index contributed by atoms with van der Waals surface area (Å²) in [6.07, 6.45) is 2.74. The lowest BCUT2D eigenvalue weighted by Crippen LogP contribution is -2.08. The number of carbonyl (C=O) groups excluding carboxylic acids is 1. The highest BCUT2D eigenvalue weighted by atomic mass is 32.1. The third-order valence-corrected chi connectivity index (χ3v) is 5.83. The Morgan fingerprint density at radius 3 is 3.09 bits per heavy atom. The zero-order valence-corrected chi connectivity index (χ0v) is 14.1.